The first kappa shape index (κ1) is 12.7. The molecule has 2 N–H and O–H groups in total. The SMILES string of the molecule is O=C(O)c1ccc(F)c(NC(=O)c2cccnc2)c1. The summed E-state index contributed by atoms with van der Waals surface area (Å²) >= 11 is 0. The van der Waals surface area contributed by atoms with Crippen LogP contribution in [0.25, 0.3) is 0 Å². The Morgan fingerprint density at radius 3 is 2.63 bits per heavy atom. The minimum atomic E-state index is -1.20. The van der Waals surface area contributed by atoms with Crippen LogP contribution in [0.4, 0.5) is 10.1 Å². The van der Waals surface area contributed by atoms with Crippen molar-refractivity contribution in [2.45, 2.75) is 0 Å². The number of anilines is 1. The Hall–Kier alpha value is -2.76. The van der Waals surface area contributed by atoms with Gasteiger partial charge in [0.1, 0.15) is 5.82 Å². The number of rotatable bonds is 3. The summed E-state index contributed by atoms with van der Waals surface area (Å²) in [6.45, 7) is 0. The molecule has 19 heavy (non-hydrogen) atoms. The third kappa shape index (κ3) is 2.92. The minimum Gasteiger partial charge on any atom is -0.478 e. The molecule has 0 radical (unpaired) electrons. The van der Waals surface area contributed by atoms with E-state index >= 15 is 0 Å². The van der Waals surface area contributed by atoms with E-state index < -0.39 is 17.7 Å². The van der Waals surface area contributed by atoms with E-state index in [0.717, 1.165) is 18.2 Å². The van der Waals surface area contributed by atoms with Crippen molar-refractivity contribution in [1.82, 2.24) is 4.98 Å². The van der Waals surface area contributed by atoms with Crippen molar-refractivity contribution < 1.29 is 19.1 Å². The molecule has 2 rings (SSSR count). The number of benzene rings is 1. The number of carbonyl (C=O) groups excluding carboxylic acids is 1. The van der Waals surface area contributed by atoms with Crippen molar-refractivity contribution in [2.24, 2.45) is 0 Å². The highest BCUT2D eigenvalue weighted by molar-refractivity contribution is 6.04. The van der Waals surface area contributed by atoms with Gasteiger partial charge in [0.25, 0.3) is 5.91 Å². The lowest BCUT2D eigenvalue weighted by molar-refractivity contribution is 0.0696. The van der Waals surface area contributed by atoms with Crippen LogP contribution in [-0.4, -0.2) is 22.0 Å². The third-order valence-corrected chi connectivity index (χ3v) is 2.39. The number of aromatic carboxylic acids is 1. The molecule has 1 aromatic carbocycles. The van der Waals surface area contributed by atoms with Crippen molar-refractivity contribution in [3.8, 4) is 0 Å². The highest BCUT2D eigenvalue weighted by Gasteiger charge is 2.12. The number of nitrogens with zero attached hydrogens (tertiary/aromatic N) is 1. The van der Waals surface area contributed by atoms with Crippen molar-refractivity contribution in [1.29, 1.82) is 0 Å². The van der Waals surface area contributed by atoms with Crippen LogP contribution in [-0.2, 0) is 0 Å². The maximum Gasteiger partial charge on any atom is 0.335 e. The molecule has 1 amide bonds. The molecule has 1 heterocycles. The van der Waals surface area contributed by atoms with Gasteiger partial charge in [-0.3, -0.25) is 9.78 Å². The summed E-state index contributed by atoms with van der Waals surface area (Å²) in [6, 6.07) is 6.26. The quantitative estimate of drug-likeness (QED) is 0.886. The van der Waals surface area contributed by atoms with Crippen LogP contribution >= 0.6 is 0 Å². The number of carboxylic acids is 1. The van der Waals surface area contributed by atoms with Crippen LogP contribution in [0, 0.1) is 5.82 Å². The fourth-order valence-electron chi connectivity index (χ4n) is 1.45. The van der Waals surface area contributed by atoms with Crippen LogP contribution in [0.5, 0.6) is 0 Å². The summed E-state index contributed by atoms with van der Waals surface area (Å²) in [5.74, 6) is -2.46. The molecule has 0 aliphatic carbocycles. The van der Waals surface area contributed by atoms with E-state index in [1.165, 1.54) is 18.5 Å². The average Bonchev–Trinajstić information content (AvgIpc) is 2.42. The van der Waals surface area contributed by atoms with Crippen LogP contribution in [0.2, 0.25) is 0 Å². The maximum atomic E-state index is 13.5. The number of nitrogens with one attached hydrogen (secondary N) is 1. The topological polar surface area (TPSA) is 79.3 Å². The van der Waals surface area contributed by atoms with E-state index in [4.69, 9.17) is 5.11 Å². The molecule has 0 aliphatic heterocycles. The van der Waals surface area contributed by atoms with Gasteiger partial charge in [-0.15, -0.1) is 0 Å². The predicted octanol–water partition coefficient (Wildman–Crippen LogP) is 2.17. The normalized spacial score (nSPS) is 9.95. The van der Waals surface area contributed by atoms with Gasteiger partial charge in [-0.05, 0) is 30.3 Å². The number of pyridine rings is 1. The predicted molar refractivity (Wildman–Crippen MR) is 65.5 cm³/mol. The van der Waals surface area contributed by atoms with Gasteiger partial charge >= 0.3 is 5.97 Å². The largest absolute Gasteiger partial charge is 0.478 e. The summed E-state index contributed by atoms with van der Waals surface area (Å²) in [6.07, 6.45) is 2.83. The summed E-state index contributed by atoms with van der Waals surface area (Å²) < 4.78 is 13.5. The lowest BCUT2D eigenvalue weighted by Crippen LogP contribution is -2.13. The van der Waals surface area contributed by atoms with E-state index in [1.54, 1.807) is 6.07 Å². The molecule has 0 fully saturated rings. The molecule has 0 atom stereocenters. The number of carbonyl (C=O) groups is 2. The lowest BCUT2D eigenvalue weighted by Gasteiger charge is -2.07. The molecular formula is C13H9FN2O3. The number of amides is 1. The minimum absolute atomic E-state index is 0.108. The Morgan fingerprint density at radius 1 is 1.21 bits per heavy atom. The standard InChI is InChI=1S/C13H9FN2O3/c14-10-4-3-8(13(18)19)6-11(10)16-12(17)9-2-1-5-15-7-9/h1-7H,(H,16,17)(H,18,19). The monoisotopic (exact) mass is 260 g/mol. The van der Waals surface area contributed by atoms with Gasteiger partial charge < -0.3 is 10.4 Å². The molecule has 1 aromatic heterocycles. The maximum absolute atomic E-state index is 13.5. The van der Waals surface area contributed by atoms with Crippen molar-refractivity contribution >= 4 is 17.6 Å². The van der Waals surface area contributed by atoms with Gasteiger partial charge in [0.15, 0.2) is 0 Å². The zero-order valence-electron chi connectivity index (χ0n) is 9.63. The molecule has 0 spiro atoms. The number of halogens is 1. The van der Waals surface area contributed by atoms with E-state index in [9.17, 15) is 14.0 Å². The highest BCUT2D eigenvalue weighted by Crippen LogP contribution is 2.17. The smallest absolute Gasteiger partial charge is 0.335 e. The van der Waals surface area contributed by atoms with Crippen LogP contribution < -0.4 is 5.32 Å². The first-order chi connectivity index (χ1) is 9.08. The van der Waals surface area contributed by atoms with Crippen LogP contribution in [0.15, 0.2) is 42.7 Å². The van der Waals surface area contributed by atoms with Gasteiger partial charge in [-0.25, -0.2) is 9.18 Å². The fourth-order valence-corrected chi connectivity index (χ4v) is 1.45. The molecule has 0 bridgehead atoms. The molecule has 5 nitrogen and oxygen atoms in total. The van der Waals surface area contributed by atoms with E-state index in [0.29, 0.717) is 0 Å². The Kier molecular flexibility index (Phi) is 3.51. The zero-order chi connectivity index (χ0) is 13.8. The molecule has 0 saturated carbocycles. The summed E-state index contributed by atoms with van der Waals surface area (Å²) in [7, 11) is 0. The second kappa shape index (κ2) is 5.26. The molecule has 6 heteroatoms. The fraction of sp³-hybridized carbons (Fsp3) is 0. The first-order valence-corrected chi connectivity index (χ1v) is 5.32. The van der Waals surface area contributed by atoms with Gasteiger partial charge in [-0.1, -0.05) is 0 Å². The molecule has 0 aliphatic rings. The van der Waals surface area contributed by atoms with Crippen LogP contribution in [0.3, 0.4) is 0 Å². The molecule has 0 unspecified atom stereocenters. The molecule has 2 aromatic rings. The lowest BCUT2D eigenvalue weighted by atomic mass is 10.2. The summed E-state index contributed by atoms with van der Waals surface area (Å²) in [5, 5.41) is 11.1. The van der Waals surface area contributed by atoms with E-state index in [1.807, 2.05) is 0 Å². The first-order valence-electron chi connectivity index (χ1n) is 5.32. The van der Waals surface area contributed by atoms with Crippen molar-refractivity contribution in [3.63, 3.8) is 0 Å². The Balaban J connectivity index is 2.26. The third-order valence-electron chi connectivity index (χ3n) is 2.39. The Morgan fingerprint density at radius 2 is 2.00 bits per heavy atom. The average molecular weight is 260 g/mol. The molecule has 0 saturated heterocycles. The summed E-state index contributed by atoms with van der Waals surface area (Å²) in [4.78, 5) is 26.3. The second-order valence-corrected chi connectivity index (χ2v) is 3.70. The van der Waals surface area contributed by atoms with Crippen molar-refractivity contribution in [3.05, 3.63) is 59.7 Å². The van der Waals surface area contributed by atoms with Gasteiger partial charge in [0.2, 0.25) is 0 Å². The molecule has 96 valence electrons. The number of aromatic nitrogens is 1. The van der Waals surface area contributed by atoms with E-state index in [2.05, 4.69) is 10.3 Å². The van der Waals surface area contributed by atoms with Gasteiger partial charge in [-0.2, -0.15) is 0 Å². The van der Waals surface area contributed by atoms with Crippen molar-refractivity contribution in [2.75, 3.05) is 5.32 Å². The van der Waals surface area contributed by atoms with E-state index in [-0.39, 0.29) is 16.8 Å². The number of hydrogen-bond donors (Lipinski definition) is 2. The Labute approximate surface area is 107 Å². The second-order valence-electron chi connectivity index (χ2n) is 3.70. The zero-order valence-corrected chi connectivity index (χ0v) is 9.63. The number of hydrogen-bond acceptors (Lipinski definition) is 3. The Bertz CT molecular complexity index is 629. The van der Waals surface area contributed by atoms with Crippen LogP contribution in [0.1, 0.15) is 20.7 Å². The van der Waals surface area contributed by atoms with Gasteiger partial charge in [0, 0.05) is 12.4 Å². The summed E-state index contributed by atoms with van der Waals surface area (Å²) in [5.41, 5.74) is -0.0423. The highest BCUT2D eigenvalue weighted by atomic mass is 19.1. The molecular weight excluding hydrogens is 251 g/mol. The van der Waals surface area contributed by atoms with Gasteiger partial charge in [0.05, 0.1) is 16.8 Å². The number of carboxylic acid groups (broad SMARTS) is 1.